The topological polar surface area (TPSA) is 29.5 Å². The molecule has 0 bridgehead atoms. The number of esters is 1. The molecule has 1 unspecified atom stereocenters. The van der Waals surface area contributed by atoms with Gasteiger partial charge >= 0.3 is 5.97 Å². The molecule has 21 heavy (non-hydrogen) atoms. The van der Waals surface area contributed by atoms with Gasteiger partial charge in [-0.25, -0.2) is 0 Å². The average Bonchev–Trinajstić information content (AvgIpc) is 3.20. The smallest absolute Gasteiger partial charge is 0.307 e. The molecule has 114 valence electrons. The molecule has 3 rings (SSSR count). The molecule has 2 fully saturated rings. The largest absolute Gasteiger partial charge is 0.466 e. The van der Waals surface area contributed by atoms with Gasteiger partial charge in [0.15, 0.2) is 0 Å². The number of likely N-dealkylation sites (tertiary alicyclic amines) is 1. The summed E-state index contributed by atoms with van der Waals surface area (Å²) in [6.07, 6.45) is 5.56. The molecule has 0 N–H and O–H groups in total. The van der Waals surface area contributed by atoms with Crippen molar-refractivity contribution in [1.82, 2.24) is 4.90 Å². The Morgan fingerprint density at radius 3 is 2.67 bits per heavy atom. The highest BCUT2D eigenvalue weighted by Crippen LogP contribution is 2.44. The molecule has 1 aliphatic carbocycles. The second kappa shape index (κ2) is 6.61. The Morgan fingerprint density at radius 2 is 2.00 bits per heavy atom. The highest BCUT2D eigenvalue weighted by molar-refractivity contribution is 5.70. The monoisotopic (exact) mass is 287 g/mol. The Kier molecular flexibility index (Phi) is 4.59. The minimum Gasteiger partial charge on any atom is -0.466 e. The Morgan fingerprint density at radius 1 is 1.29 bits per heavy atom. The summed E-state index contributed by atoms with van der Waals surface area (Å²) in [5.74, 6) is 0.647. The van der Waals surface area contributed by atoms with Crippen molar-refractivity contribution in [3.63, 3.8) is 0 Å². The fourth-order valence-electron chi connectivity index (χ4n) is 3.45. The van der Waals surface area contributed by atoms with Crippen molar-refractivity contribution in [2.24, 2.45) is 0 Å². The van der Waals surface area contributed by atoms with Gasteiger partial charge in [0, 0.05) is 6.04 Å². The van der Waals surface area contributed by atoms with Crippen molar-refractivity contribution in [3.05, 3.63) is 35.4 Å². The fraction of sp³-hybridized carbons (Fsp3) is 0.611. The van der Waals surface area contributed by atoms with Crippen LogP contribution in [0, 0.1) is 0 Å². The molecule has 2 aliphatic rings. The maximum absolute atomic E-state index is 12.0. The van der Waals surface area contributed by atoms with Gasteiger partial charge in [0.2, 0.25) is 0 Å². The third-order valence-corrected chi connectivity index (χ3v) is 4.62. The first kappa shape index (κ1) is 14.6. The summed E-state index contributed by atoms with van der Waals surface area (Å²) in [4.78, 5) is 14.5. The number of benzene rings is 1. The Balaban J connectivity index is 1.85. The highest BCUT2D eigenvalue weighted by atomic mass is 16.5. The van der Waals surface area contributed by atoms with Crippen LogP contribution in [0.15, 0.2) is 24.3 Å². The van der Waals surface area contributed by atoms with E-state index in [0.29, 0.717) is 18.9 Å². The molecule has 1 aromatic carbocycles. The fourth-order valence-corrected chi connectivity index (χ4v) is 3.45. The normalized spacial score (nSPS) is 20.4. The van der Waals surface area contributed by atoms with Crippen LogP contribution in [0.25, 0.3) is 0 Å². The summed E-state index contributed by atoms with van der Waals surface area (Å²) in [6, 6.07) is 8.90. The lowest BCUT2D eigenvalue weighted by molar-refractivity contribution is -0.144. The van der Waals surface area contributed by atoms with Gasteiger partial charge in [-0.05, 0) is 62.7 Å². The number of rotatable bonds is 6. The number of ether oxygens (including phenoxy) is 1. The predicted molar refractivity (Wildman–Crippen MR) is 83.2 cm³/mol. The van der Waals surface area contributed by atoms with Gasteiger partial charge in [0.1, 0.15) is 0 Å². The first-order chi connectivity index (χ1) is 10.3. The maximum Gasteiger partial charge on any atom is 0.307 e. The summed E-state index contributed by atoms with van der Waals surface area (Å²) in [5.41, 5.74) is 2.81. The van der Waals surface area contributed by atoms with Crippen molar-refractivity contribution < 1.29 is 9.53 Å². The molecule has 1 aromatic rings. The van der Waals surface area contributed by atoms with Crippen molar-refractivity contribution in [2.45, 2.75) is 51.0 Å². The van der Waals surface area contributed by atoms with Gasteiger partial charge in [0.25, 0.3) is 0 Å². The Labute approximate surface area is 127 Å². The van der Waals surface area contributed by atoms with Gasteiger partial charge in [-0.3, -0.25) is 9.69 Å². The quantitative estimate of drug-likeness (QED) is 0.748. The van der Waals surface area contributed by atoms with Gasteiger partial charge < -0.3 is 4.74 Å². The zero-order chi connectivity index (χ0) is 14.7. The van der Waals surface area contributed by atoms with Gasteiger partial charge in [-0.2, -0.15) is 0 Å². The Hall–Kier alpha value is -1.35. The van der Waals surface area contributed by atoms with Crippen LogP contribution in [0.3, 0.4) is 0 Å². The summed E-state index contributed by atoms with van der Waals surface area (Å²) >= 11 is 0. The molecule has 0 radical (unpaired) electrons. The van der Waals surface area contributed by atoms with E-state index in [0.717, 1.165) is 13.1 Å². The van der Waals surface area contributed by atoms with Crippen LogP contribution in [-0.4, -0.2) is 30.6 Å². The van der Waals surface area contributed by atoms with Crippen LogP contribution < -0.4 is 0 Å². The molecule has 1 heterocycles. The van der Waals surface area contributed by atoms with Gasteiger partial charge in [-0.15, -0.1) is 0 Å². The number of hydrogen-bond acceptors (Lipinski definition) is 3. The zero-order valence-electron chi connectivity index (χ0n) is 12.9. The summed E-state index contributed by atoms with van der Waals surface area (Å²) in [5, 5.41) is 0. The lowest BCUT2D eigenvalue weighted by Gasteiger charge is -2.29. The minimum absolute atomic E-state index is 0.0694. The van der Waals surface area contributed by atoms with E-state index in [2.05, 4.69) is 29.2 Å². The van der Waals surface area contributed by atoms with Gasteiger partial charge in [0.05, 0.1) is 13.0 Å². The van der Waals surface area contributed by atoms with E-state index in [4.69, 9.17) is 4.74 Å². The highest BCUT2D eigenvalue weighted by Gasteiger charge is 2.32. The second-order valence-electron chi connectivity index (χ2n) is 6.17. The first-order valence-electron chi connectivity index (χ1n) is 8.28. The third-order valence-electron chi connectivity index (χ3n) is 4.62. The van der Waals surface area contributed by atoms with Crippen LogP contribution in [-0.2, 0) is 9.53 Å². The lowest BCUT2D eigenvalue weighted by Crippen LogP contribution is -2.29. The van der Waals surface area contributed by atoms with Crippen molar-refractivity contribution in [3.8, 4) is 0 Å². The van der Waals surface area contributed by atoms with Crippen LogP contribution in [0.1, 0.15) is 62.1 Å². The van der Waals surface area contributed by atoms with E-state index in [1.54, 1.807) is 0 Å². The number of carbonyl (C=O) groups is 1. The van der Waals surface area contributed by atoms with Crippen molar-refractivity contribution in [1.29, 1.82) is 0 Å². The van der Waals surface area contributed by atoms with E-state index in [1.165, 1.54) is 36.8 Å². The molecular formula is C18H25NO2. The molecule has 3 nitrogen and oxygen atoms in total. The number of carbonyl (C=O) groups excluding carboxylic acids is 1. The van der Waals surface area contributed by atoms with Gasteiger partial charge in [-0.1, -0.05) is 24.3 Å². The molecule has 1 saturated heterocycles. The number of hydrogen-bond donors (Lipinski definition) is 0. The van der Waals surface area contributed by atoms with Crippen molar-refractivity contribution in [2.75, 3.05) is 19.7 Å². The Bertz CT molecular complexity index is 490. The summed E-state index contributed by atoms with van der Waals surface area (Å²) in [6.45, 7) is 4.54. The average molecular weight is 287 g/mol. The maximum atomic E-state index is 12.0. The standard InChI is InChI=1S/C18H25NO2/c1-2-21-18(20)13-17(19-11-5-6-12-19)16-8-4-3-7-15(16)14-9-10-14/h3-4,7-8,14,17H,2,5-6,9-13H2,1H3. The van der Waals surface area contributed by atoms with Crippen molar-refractivity contribution >= 4 is 5.97 Å². The molecule has 1 saturated carbocycles. The van der Waals surface area contributed by atoms with Crippen LogP contribution in [0.2, 0.25) is 0 Å². The van der Waals surface area contributed by atoms with E-state index < -0.39 is 0 Å². The first-order valence-corrected chi connectivity index (χ1v) is 8.28. The summed E-state index contributed by atoms with van der Waals surface area (Å²) in [7, 11) is 0. The van der Waals surface area contributed by atoms with Crippen LogP contribution in [0.4, 0.5) is 0 Å². The molecule has 1 aliphatic heterocycles. The lowest BCUT2D eigenvalue weighted by atomic mass is 9.94. The third kappa shape index (κ3) is 3.46. The molecular weight excluding hydrogens is 262 g/mol. The molecule has 3 heteroatoms. The molecule has 0 aromatic heterocycles. The van der Waals surface area contributed by atoms with Crippen LogP contribution in [0.5, 0.6) is 0 Å². The van der Waals surface area contributed by atoms with E-state index in [9.17, 15) is 4.79 Å². The predicted octanol–water partition coefficient (Wildman–Crippen LogP) is 3.65. The SMILES string of the molecule is CCOC(=O)CC(c1ccccc1C1CC1)N1CCCC1. The minimum atomic E-state index is -0.0694. The molecule has 0 amide bonds. The van der Waals surface area contributed by atoms with E-state index in [-0.39, 0.29) is 12.0 Å². The zero-order valence-corrected chi connectivity index (χ0v) is 12.9. The molecule has 0 spiro atoms. The summed E-state index contributed by atoms with van der Waals surface area (Å²) < 4.78 is 5.20. The number of nitrogens with zero attached hydrogens (tertiary/aromatic N) is 1. The molecule has 1 atom stereocenters. The van der Waals surface area contributed by atoms with E-state index >= 15 is 0 Å². The van der Waals surface area contributed by atoms with Crippen LogP contribution >= 0.6 is 0 Å². The second-order valence-corrected chi connectivity index (χ2v) is 6.17. The van der Waals surface area contributed by atoms with E-state index in [1.807, 2.05) is 6.92 Å².